The number of ether oxygens (including phenoxy) is 1. The molecule has 0 saturated heterocycles. The predicted octanol–water partition coefficient (Wildman–Crippen LogP) is 4.48. The Morgan fingerprint density at radius 2 is 1.84 bits per heavy atom. The van der Waals surface area contributed by atoms with Crippen molar-refractivity contribution in [1.82, 2.24) is 24.5 Å². The van der Waals surface area contributed by atoms with Crippen LogP contribution in [0, 0.1) is 25.5 Å². The van der Waals surface area contributed by atoms with Gasteiger partial charge in [0.15, 0.2) is 5.82 Å². The summed E-state index contributed by atoms with van der Waals surface area (Å²) in [5.41, 5.74) is 1.46. The molecule has 1 N–H and O–H groups in total. The van der Waals surface area contributed by atoms with Gasteiger partial charge in [0.1, 0.15) is 34.7 Å². The van der Waals surface area contributed by atoms with Gasteiger partial charge in [-0.25, -0.2) is 18.7 Å². The van der Waals surface area contributed by atoms with E-state index in [1.165, 1.54) is 4.57 Å². The number of nitrogens with zero attached hydrogens (tertiary/aromatic N) is 5. The second kappa shape index (κ2) is 10.3. The summed E-state index contributed by atoms with van der Waals surface area (Å²) in [6.45, 7) is 6.69. The first-order valence-electron chi connectivity index (χ1n) is 11.3. The number of aryl methyl sites for hydroxylation is 2. The van der Waals surface area contributed by atoms with Gasteiger partial charge in [-0.3, -0.25) is 19.3 Å². The Morgan fingerprint density at radius 3 is 2.54 bits per heavy atom. The van der Waals surface area contributed by atoms with Crippen molar-refractivity contribution in [3.63, 3.8) is 0 Å². The van der Waals surface area contributed by atoms with Crippen molar-refractivity contribution < 1.29 is 18.6 Å². The standard InChI is InChI=1S/C26H24ClF2N5O3/c1-14-10-31-19(18-5-6-30-25(33-18)26(3,4)13-35)9-21(14)34-15(2)7-22(23(27)24(34)36)37-12-20-17(29)8-16(28)11-32-20/h5-11,35H,12-13H2,1-4H3. The molecule has 0 fully saturated rings. The lowest BCUT2D eigenvalue weighted by molar-refractivity contribution is 0.212. The number of aliphatic hydroxyl groups excluding tert-OH is 1. The summed E-state index contributed by atoms with van der Waals surface area (Å²) in [5.74, 6) is -1.16. The van der Waals surface area contributed by atoms with E-state index < -0.39 is 22.6 Å². The maximum Gasteiger partial charge on any atom is 0.277 e. The lowest BCUT2D eigenvalue weighted by Gasteiger charge is -2.20. The average Bonchev–Trinajstić information content (AvgIpc) is 2.87. The molecule has 0 unspecified atom stereocenters. The van der Waals surface area contributed by atoms with Crippen LogP contribution in [0.5, 0.6) is 5.75 Å². The first-order chi connectivity index (χ1) is 17.5. The van der Waals surface area contributed by atoms with Crippen LogP contribution in [0.4, 0.5) is 8.78 Å². The molecule has 0 saturated carbocycles. The molecule has 0 bridgehead atoms. The average molecular weight is 528 g/mol. The van der Waals surface area contributed by atoms with Gasteiger partial charge >= 0.3 is 0 Å². The van der Waals surface area contributed by atoms with Gasteiger partial charge in [0.25, 0.3) is 5.56 Å². The highest BCUT2D eigenvalue weighted by atomic mass is 35.5. The molecular formula is C26H24ClF2N5O3. The minimum absolute atomic E-state index is 0.0459. The van der Waals surface area contributed by atoms with Crippen LogP contribution in [-0.4, -0.2) is 36.2 Å². The summed E-state index contributed by atoms with van der Waals surface area (Å²) in [6.07, 6.45) is 4.09. The van der Waals surface area contributed by atoms with Gasteiger partial charge < -0.3 is 9.84 Å². The Hall–Kier alpha value is -3.76. The third-order valence-corrected chi connectivity index (χ3v) is 6.13. The molecule has 0 aliphatic rings. The van der Waals surface area contributed by atoms with E-state index in [0.29, 0.717) is 40.2 Å². The predicted molar refractivity (Wildman–Crippen MR) is 134 cm³/mol. The maximum atomic E-state index is 13.9. The van der Waals surface area contributed by atoms with Crippen molar-refractivity contribution >= 4 is 11.6 Å². The molecule has 0 amide bonds. The highest BCUT2D eigenvalue weighted by molar-refractivity contribution is 6.31. The molecule has 11 heteroatoms. The van der Waals surface area contributed by atoms with Gasteiger partial charge in [-0.05, 0) is 31.5 Å². The third kappa shape index (κ3) is 5.35. The highest BCUT2D eigenvalue weighted by Crippen LogP contribution is 2.28. The number of hydrogen-bond acceptors (Lipinski definition) is 7. The lowest BCUT2D eigenvalue weighted by atomic mass is 9.93. The second-order valence-electron chi connectivity index (χ2n) is 9.14. The van der Waals surface area contributed by atoms with Crippen LogP contribution in [0.15, 0.2) is 47.7 Å². The van der Waals surface area contributed by atoms with Crippen molar-refractivity contribution in [3.8, 4) is 22.8 Å². The zero-order valence-electron chi connectivity index (χ0n) is 20.6. The number of hydrogen-bond donors (Lipinski definition) is 1. The summed E-state index contributed by atoms with van der Waals surface area (Å²) in [7, 11) is 0. The van der Waals surface area contributed by atoms with E-state index >= 15 is 0 Å². The number of halogens is 3. The molecule has 4 rings (SSSR count). The molecule has 0 aromatic carbocycles. The van der Waals surface area contributed by atoms with Crippen molar-refractivity contribution in [1.29, 1.82) is 0 Å². The largest absolute Gasteiger partial charge is 0.485 e. The normalized spacial score (nSPS) is 11.6. The van der Waals surface area contributed by atoms with E-state index in [1.807, 2.05) is 13.8 Å². The number of rotatable bonds is 7. The zero-order chi connectivity index (χ0) is 26.9. The fraction of sp³-hybridized carbons (Fsp3) is 0.269. The minimum atomic E-state index is -0.864. The lowest BCUT2D eigenvalue weighted by Crippen LogP contribution is -2.25. The van der Waals surface area contributed by atoms with Gasteiger partial charge in [0, 0.05) is 35.6 Å². The van der Waals surface area contributed by atoms with Crippen LogP contribution in [0.2, 0.25) is 5.02 Å². The molecule has 4 aromatic heterocycles. The topological polar surface area (TPSA) is 103 Å². The Bertz CT molecular complexity index is 1540. The Labute approximate surface area is 216 Å². The molecule has 4 aromatic rings. The van der Waals surface area contributed by atoms with Crippen molar-refractivity contribution in [2.45, 2.75) is 39.7 Å². The Balaban J connectivity index is 1.72. The van der Waals surface area contributed by atoms with E-state index in [0.717, 1.165) is 6.20 Å². The van der Waals surface area contributed by atoms with Crippen LogP contribution in [0.1, 0.15) is 36.6 Å². The molecule has 8 nitrogen and oxygen atoms in total. The van der Waals surface area contributed by atoms with Gasteiger partial charge in [-0.2, -0.15) is 0 Å². The van der Waals surface area contributed by atoms with Crippen molar-refractivity contribution in [2.75, 3.05) is 6.61 Å². The Kier molecular flexibility index (Phi) is 7.33. The van der Waals surface area contributed by atoms with E-state index in [-0.39, 0.29) is 29.7 Å². The number of pyridine rings is 3. The summed E-state index contributed by atoms with van der Waals surface area (Å²) in [6, 6.07) is 5.67. The van der Waals surface area contributed by atoms with Crippen LogP contribution >= 0.6 is 11.6 Å². The molecule has 0 aliphatic heterocycles. The van der Waals surface area contributed by atoms with Gasteiger partial charge in [-0.1, -0.05) is 25.4 Å². The Morgan fingerprint density at radius 1 is 1.08 bits per heavy atom. The molecule has 0 aliphatic carbocycles. The van der Waals surface area contributed by atoms with E-state index in [1.54, 1.807) is 44.4 Å². The molecule has 192 valence electrons. The van der Waals surface area contributed by atoms with Gasteiger partial charge in [0.2, 0.25) is 0 Å². The fourth-order valence-corrected chi connectivity index (χ4v) is 3.77. The SMILES string of the molecule is Cc1cnc(-c2ccnc(C(C)(C)CO)n2)cc1-n1c(C)cc(OCc2ncc(F)cc2F)c(Cl)c1=O. The van der Waals surface area contributed by atoms with Crippen molar-refractivity contribution in [2.24, 2.45) is 0 Å². The molecular weight excluding hydrogens is 504 g/mol. The summed E-state index contributed by atoms with van der Waals surface area (Å²) >= 11 is 6.36. The zero-order valence-corrected chi connectivity index (χ0v) is 21.3. The number of aliphatic hydroxyl groups is 1. The van der Waals surface area contributed by atoms with Crippen LogP contribution in [0.25, 0.3) is 17.1 Å². The van der Waals surface area contributed by atoms with E-state index in [9.17, 15) is 18.7 Å². The van der Waals surface area contributed by atoms with Gasteiger partial charge in [-0.15, -0.1) is 0 Å². The smallest absolute Gasteiger partial charge is 0.277 e. The monoisotopic (exact) mass is 527 g/mol. The second-order valence-corrected chi connectivity index (χ2v) is 9.52. The third-order valence-electron chi connectivity index (χ3n) is 5.78. The van der Waals surface area contributed by atoms with Gasteiger partial charge in [0.05, 0.1) is 29.9 Å². The van der Waals surface area contributed by atoms with E-state index in [2.05, 4.69) is 19.9 Å². The summed E-state index contributed by atoms with van der Waals surface area (Å²) in [5, 5.41) is 9.47. The molecule has 0 atom stereocenters. The van der Waals surface area contributed by atoms with E-state index in [4.69, 9.17) is 16.3 Å². The maximum absolute atomic E-state index is 13.9. The summed E-state index contributed by atoms with van der Waals surface area (Å²) in [4.78, 5) is 30.3. The summed E-state index contributed by atoms with van der Waals surface area (Å²) < 4.78 is 34.0. The molecule has 4 heterocycles. The number of aromatic nitrogens is 5. The quantitative estimate of drug-likeness (QED) is 0.378. The van der Waals surface area contributed by atoms with Crippen LogP contribution < -0.4 is 10.3 Å². The fourth-order valence-electron chi connectivity index (χ4n) is 3.57. The van der Waals surface area contributed by atoms with Crippen LogP contribution in [-0.2, 0) is 12.0 Å². The molecule has 0 spiro atoms. The molecule has 0 radical (unpaired) electrons. The van der Waals surface area contributed by atoms with Crippen LogP contribution in [0.3, 0.4) is 0 Å². The first-order valence-corrected chi connectivity index (χ1v) is 11.7. The molecule has 37 heavy (non-hydrogen) atoms. The minimum Gasteiger partial charge on any atom is -0.485 e. The highest BCUT2D eigenvalue weighted by Gasteiger charge is 2.24. The van der Waals surface area contributed by atoms with Crippen molar-refractivity contribution in [3.05, 3.63) is 92.6 Å². The first kappa shape index (κ1) is 26.3.